The smallest absolute Gasteiger partial charge is 0.263 e. The zero-order valence-electron chi connectivity index (χ0n) is 17.5. The lowest BCUT2D eigenvalue weighted by atomic mass is 10.1. The van der Waals surface area contributed by atoms with E-state index in [1.54, 1.807) is 24.3 Å². The minimum atomic E-state index is -1.26. The Morgan fingerprint density at radius 1 is 1.06 bits per heavy atom. The average Bonchev–Trinajstić information content (AvgIpc) is 3.22. The van der Waals surface area contributed by atoms with E-state index in [-0.39, 0.29) is 44.1 Å². The number of nitrogens with zero attached hydrogens (tertiary/aromatic N) is 2. The lowest BCUT2D eigenvalue weighted by molar-refractivity contribution is -0.140. The first-order valence-corrected chi connectivity index (χ1v) is 10.0. The standard InChI is InChI=1S/C22H24F2N4O4/c1-32-18-4-2-14(3-5-18)10-19(29)27-8-9-28(21(27)20(30)26-7-6-25)22(31)15-11-16(23)13-17(24)12-15/h2-5,11-13,21H,6-10,25H2,1H3,(H,26,30). The van der Waals surface area contributed by atoms with Crippen LogP contribution in [0.3, 0.4) is 0 Å². The highest BCUT2D eigenvalue weighted by Gasteiger charge is 2.42. The van der Waals surface area contributed by atoms with Crippen LogP contribution in [0.1, 0.15) is 15.9 Å². The maximum atomic E-state index is 13.6. The molecular weight excluding hydrogens is 422 g/mol. The van der Waals surface area contributed by atoms with Gasteiger partial charge in [0.05, 0.1) is 13.5 Å². The summed E-state index contributed by atoms with van der Waals surface area (Å²) in [5.74, 6) is -2.91. The monoisotopic (exact) mass is 446 g/mol. The molecule has 1 fully saturated rings. The minimum Gasteiger partial charge on any atom is -0.497 e. The third kappa shape index (κ3) is 5.20. The fourth-order valence-corrected chi connectivity index (χ4v) is 3.53. The van der Waals surface area contributed by atoms with Crippen molar-refractivity contribution in [3.63, 3.8) is 0 Å². The van der Waals surface area contributed by atoms with Crippen molar-refractivity contribution in [3.05, 3.63) is 65.2 Å². The molecule has 3 amide bonds. The second-order valence-electron chi connectivity index (χ2n) is 7.22. The molecule has 0 spiro atoms. The topological polar surface area (TPSA) is 105 Å². The normalized spacial score (nSPS) is 15.6. The van der Waals surface area contributed by atoms with Crippen LogP contribution in [0.2, 0.25) is 0 Å². The Morgan fingerprint density at radius 3 is 2.28 bits per heavy atom. The minimum absolute atomic E-state index is 0.00128. The van der Waals surface area contributed by atoms with Crippen molar-refractivity contribution in [1.29, 1.82) is 0 Å². The molecule has 1 saturated heterocycles. The number of carbonyl (C=O) groups excluding carboxylic acids is 3. The summed E-state index contributed by atoms with van der Waals surface area (Å²) in [5.41, 5.74) is 5.90. The van der Waals surface area contributed by atoms with Crippen molar-refractivity contribution < 1.29 is 27.9 Å². The number of nitrogens with one attached hydrogen (secondary N) is 1. The fourth-order valence-electron chi connectivity index (χ4n) is 3.53. The summed E-state index contributed by atoms with van der Waals surface area (Å²) in [5, 5.41) is 2.58. The summed E-state index contributed by atoms with van der Waals surface area (Å²) >= 11 is 0. The summed E-state index contributed by atoms with van der Waals surface area (Å²) in [6.45, 7) is 0.443. The second-order valence-corrected chi connectivity index (χ2v) is 7.22. The number of hydrogen-bond acceptors (Lipinski definition) is 5. The van der Waals surface area contributed by atoms with Crippen molar-refractivity contribution in [3.8, 4) is 5.75 Å². The molecule has 1 atom stereocenters. The summed E-state index contributed by atoms with van der Waals surface area (Å²) in [6.07, 6.45) is -1.26. The van der Waals surface area contributed by atoms with Gasteiger partial charge in [0.25, 0.3) is 11.8 Å². The van der Waals surface area contributed by atoms with Crippen LogP contribution in [-0.4, -0.2) is 67.0 Å². The Labute approximate surface area is 183 Å². The molecule has 3 rings (SSSR count). The lowest BCUT2D eigenvalue weighted by Gasteiger charge is -2.29. The first kappa shape index (κ1) is 23.1. The van der Waals surface area contributed by atoms with Gasteiger partial charge in [-0.1, -0.05) is 12.1 Å². The van der Waals surface area contributed by atoms with Gasteiger partial charge >= 0.3 is 0 Å². The van der Waals surface area contributed by atoms with E-state index in [0.717, 1.165) is 17.0 Å². The van der Waals surface area contributed by atoms with E-state index < -0.39 is 29.6 Å². The van der Waals surface area contributed by atoms with Crippen LogP contribution in [-0.2, 0) is 16.0 Å². The SMILES string of the molecule is COc1ccc(CC(=O)N2CCN(C(=O)c3cc(F)cc(F)c3)C2C(=O)NCCN)cc1. The number of halogens is 2. The number of methoxy groups -OCH3 is 1. The molecule has 8 nitrogen and oxygen atoms in total. The summed E-state index contributed by atoms with van der Waals surface area (Å²) in [4.78, 5) is 41.2. The van der Waals surface area contributed by atoms with Crippen molar-refractivity contribution in [2.75, 3.05) is 33.3 Å². The molecule has 10 heteroatoms. The predicted octanol–water partition coefficient (Wildman–Crippen LogP) is 0.902. The first-order valence-electron chi connectivity index (χ1n) is 10.0. The molecular formula is C22H24F2N4O4. The van der Waals surface area contributed by atoms with E-state index in [2.05, 4.69) is 5.32 Å². The third-order valence-corrected chi connectivity index (χ3v) is 5.06. The lowest BCUT2D eigenvalue weighted by Crippen LogP contribution is -2.54. The molecule has 0 bridgehead atoms. The number of carbonyl (C=O) groups is 3. The molecule has 1 aliphatic rings. The van der Waals surface area contributed by atoms with Gasteiger partial charge in [-0.25, -0.2) is 8.78 Å². The highest BCUT2D eigenvalue weighted by molar-refractivity contribution is 5.99. The van der Waals surface area contributed by atoms with Gasteiger partial charge in [-0.2, -0.15) is 0 Å². The molecule has 0 aliphatic carbocycles. The highest BCUT2D eigenvalue weighted by atomic mass is 19.1. The molecule has 3 N–H and O–H groups in total. The summed E-state index contributed by atoms with van der Waals surface area (Å²) < 4.78 is 32.3. The Hall–Kier alpha value is -3.53. The van der Waals surface area contributed by atoms with Gasteiger partial charge < -0.3 is 25.6 Å². The van der Waals surface area contributed by atoms with Crippen molar-refractivity contribution >= 4 is 17.7 Å². The molecule has 0 radical (unpaired) electrons. The van der Waals surface area contributed by atoms with E-state index in [0.29, 0.717) is 17.4 Å². The number of ether oxygens (including phenoxy) is 1. The maximum Gasteiger partial charge on any atom is 0.263 e. The fraction of sp³-hybridized carbons (Fsp3) is 0.318. The van der Waals surface area contributed by atoms with Gasteiger partial charge in [0.2, 0.25) is 5.91 Å². The van der Waals surface area contributed by atoms with Crippen LogP contribution < -0.4 is 15.8 Å². The van der Waals surface area contributed by atoms with Gasteiger partial charge in [0.1, 0.15) is 17.4 Å². The van der Waals surface area contributed by atoms with E-state index in [4.69, 9.17) is 10.5 Å². The number of nitrogens with two attached hydrogens (primary N) is 1. The highest BCUT2D eigenvalue weighted by Crippen LogP contribution is 2.21. The van der Waals surface area contributed by atoms with E-state index in [1.807, 2.05) is 0 Å². The number of amides is 3. The molecule has 1 aliphatic heterocycles. The van der Waals surface area contributed by atoms with Crippen molar-refractivity contribution in [2.45, 2.75) is 12.6 Å². The summed E-state index contributed by atoms with van der Waals surface area (Å²) in [6, 6.07) is 9.32. The summed E-state index contributed by atoms with van der Waals surface area (Å²) in [7, 11) is 1.53. The Balaban J connectivity index is 1.84. The van der Waals surface area contributed by atoms with Gasteiger partial charge in [0.15, 0.2) is 6.17 Å². The second kappa shape index (κ2) is 10.2. The number of hydrogen-bond donors (Lipinski definition) is 2. The van der Waals surface area contributed by atoms with Crippen LogP contribution in [0.15, 0.2) is 42.5 Å². The number of rotatable bonds is 7. The molecule has 1 unspecified atom stereocenters. The first-order chi connectivity index (χ1) is 15.3. The quantitative estimate of drug-likeness (QED) is 0.658. The Morgan fingerprint density at radius 2 is 1.69 bits per heavy atom. The number of benzene rings is 2. The van der Waals surface area contributed by atoms with Crippen LogP contribution in [0.4, 0.5) is 8.78 Å². The van der Waals surface area contributed by atoms with Crippen molar-refractivity contribution in [1.82, 2.24) is 15.1 Å². The Bertz CT molecular complexity index is 980. The van der Waals surface area contributed by atoms with Gasteiger partial charge in [-0.3, -0.25) is 14.4 Å². The van der Waals surface area contributed by atoms with Crippen LogP contribution in [0, 0.1) is 11.6 Å². The molecule has 0 aromatic heterocycles. The van der Waals surface area contributed by atoms with E-state index in [9.17, 15) is 23.2 Å². The van der Waals surface area contributed by atoms with Crippen LogP contribution >= 0.6 is 0 Å². The molecule has 170 valence electrons. The van der Waals surface area contributed by atoms with Gasteiger partial charge in [0, 0.05) is 37.8 Å². The van der Waals surface area contributed by atoms with Gasteiger partial charge in [-0.15, -0.1) is 0 Å². The molecule has 1 heterocycles. The third-order valence-electron chi connectivity index (χ3n) is 5.06. The van der Waals surface area contributed by atoms with Crippen LogP contribution in [0.25, 0.3) is 0 Å². The van der Waals surface area contributed by atoms with E-state index >= 15 is 0 Å². The molecule has 32 heavy (non-hydrogen) atoms. The van der Waals surface area contributed by atoms with E-state index in [1.165, 1.54) is 12.0 Å². The zero-order valence-corrected chi connectivity index (χ0v) is 17.5. The molecule has 2 aromatic carbocycles. The molecule has 2 aromatic rings. The molecule has 0 saturated carbocycles. The Kier molecular flexibility index (Phi) is 7.37. The van der Waals surface area contributed by atoms with Crippen molar-refractivity contribution in [2.24, 2.45) is 5.73 Å². The largest absolute Gasteiger partial charge is 0.497 e. The van der Waals surface area contributed by atoms with Gasteiger partial charge in [-0.05, 0) is 29.8 Å². The van der Waals surface area contributed by atoms with Crippen LogP contribution in [0.5, 0.6) is 5.75 Å². The predicted molar refractivity (Wildman–Crippen MR) is 112 cm³/mol. The maximum absolute atomic E-state index is 13.6. The average molecular weight is 446 g/mol. The zero-order chi connectivity index (χ0) is 23.3.